The molecule has 0 amide bonds. The smallest absolute Gasteiger partial charge is 0.196 e. The highest BCUT2D eigenvalue weighted by molar-refractivity contribution is 8.13. The third-order valence-electron chi connectivity index (χ3n) is 3.24. The first-order valence-corrected chi connectivity index (χ1v) is 8.31. The van der Waals surface area contributed by atoms with Gasteiger partial charge >= 0.3 is 0 Å². The Morgan fingerprint density at radius 3 is 1.79 bits per heavy atom. The fourth-order valence-corrected chi connectivity index (χ4v) is 2.87. The average Bonchev–Trinajstić information content (AvgIpc) is 2.53. The molecule has 24 heavy (non-hydrogen) atoms. The summed E-state index contributed by atoms with van der Waals surface area (Å²) in [6, 6.07) is 11.9. The molecule has 0 aliphatic rings. The lowest BCUT2D eigenvalue weighted by atomic mass is 9.98. The molecule has 0 unspecified atom stereocenters. The highest BCUT2D eigenvalue weighted by Gasteiger charge is 2.08. The van der Waals surface area contributed by atoms with E-state index in [0.29, 0.717) is 5.75 Å². The highest BCUT2D eigenvalue weighted by Crippen LogP contribution is 2.25. The summed E-state index contributed by atoms with van der Waals surface area (Å²) in [4.78, 5) is 22.5. The minimum Gasteiger partial charge on any atom is -0.300 e. The Bertz CT molecular complexity index is 702. The fraction of sp³-hybridized carbons (Fsp3) is 0.158. The van der Waals surface area contributed by atoms with Gasteiger partial charge in [-0.1, -0.05) is 42.1 Å². The number of carbonyl (C=O) groups excluding carboxylic acids is 2. The molecule has 0 N–H and O–H groups in total. The molecule has 0 spiro atoms. The quantitative estimate of drug-likeness (QED) is 0.715. The molecule has 2 nitrogen and oxygen atoms in total. The van der Waals surface area contributed by atoms with Crippen molar-refractivity contribution in [1.82, 2.24) is 0 Å². The van der Waals surface area contributed by atoms with Gasteiger partial charge in [0, 0.05) is 5.75 Å². The van der Waals surface area contributed by atoms with Gasteiger partial charge in [0.1, 0.15) is 17.4 Å². The third kappa shape index (κ3) is 5.42. The minimum atomic E-state index is -0.344. The molecule has 0 aliphatic carbocycles. The van der Waals surface area contributed by atoms with Crippen LogP contribution in [0.5, 0.6) is 0 Å². The van der Waals surface area contributed by atoms with Gasteiger partial charge in [-0.15, -0.1) is 0 Å². The van der Waals surface area contributed by atoms with E-state index in [1.807, 2.05) is 6.08 Å². The van der Waals surface area contributed by atoms with Crippen LogP contribution < -0.4 is 0 Å². The van der Waals surface area contributed by atoms with Gasteiger partial charge in [-0.25, -0.2) is 8.78 Å². The zero-order valence-electron chi connectivity index (χ0n) is 13.1. The second-order valence-electron chi connectivity index (χ2n) is 5.19. The second kappa shape index (κ2) is 8.55. The van der Waals surface area contributed by atoms with Crippen molar-refractivity contribution in [3.8, 4) is 0 Å². The summed E-state index contributed by atoms with van der Waals surface area (Å²) in [5, 5.41) is -0.198. The van der Waals surface area contributed by atoms with E-state index in [2.05, 4.69) is 0 Å². The molecular weight excluding hydrogens is 330 g/mol. The molecule has 0 aromatic heterocycles. The molecule has 2 aromatic carbocycles. The second-order valence-corrected chi connectivity index (χ2v) is 6.27. The number of ketones is 1. The van der Waals surface area contributed by atoms with E-state index in [0.717, 1.165) is 28.5 Å². The Kier molecular flexibility index (Phi) is 6.44. The number of carbonyl (C=O) groups is 2. The van der Waals surface area contributed by atoms with Crippen molar-refractivity contribution in [1.29, 1.82) is 0 Å². The van der Waals surface area contributed by atoms with Crippen molar-refractivity contribution in [2.45, 2.75) is 13.3 Å². The summed E-state index contributed by atoms with van der Waals surface area (Å²) in [5.74, 6) is -0.490. The summed E-state index contributed by atoms with van der Waals surface area (Å²) in [5.41, 5.74) is 2.31. The Hall–Kier alpha value is -2.27. The van der Waals surface area contributed by atoms with Crippen LogP contribution in [0.15, 0.2) is 54.6 Å². The molecule has 0 saturated carbocycles. The predicted molar refractivity (Wildman–Crippen MR) is 92.6 cm³/mol. The lowest BCUT2D eigenvalue weighted by Gasteiger charge is -2.09. The van der Waals surface area contributed by atoms with E-state index in [1.54, 1.807) is 24.3 Å². The molecule has 2 rings (SSSR count). The number of hydrogen-bond acceptors (Lipinski definition) is 3. The molecule has 0 fully saturated rings. The molecule has 0 aliphatic heterocycles. The SMILES string of the molecule is CC(=O)CC(=O)SCC=C(c1ccc(F)cc1)c1ccc(F)cc1. The lowest BCUT2D eigenvalue weighted by Crippen LogP contribution is -2.00. The van der Waals surface area contributed by atoms with Crippen molar-refractivity contribution < 1.29 is 18.4 Å². The first-order valence-electron chi connectivity index (χ1n) is 7.33. The number of hydrogen-bond donors (Lipinski definition) is 0. The van der Waals surface area contributed by atoms with Gasteiger partial charge in [-0.05, 0) is 47.9 Å². The standard InChI is InChI=1S/C19H16F2O2S/c1-13(22)12-19(23)24-11-10-18(14-2-6-16(20)7-3-14)15-4-8-17(21)9-5-15/h2-10H,11-12H2,1H3. The van der Waals surface area contributed by atoms with E-state index in [4.69, 9.17) is 0 Å². The largest absolute Gasteiger partial charge is 0.300 e. The Morgan fingerprint density at radius 1 is 0.917 bits per heavy atom. The third-order valence-corrected chi connectivity index (χ3v) is 4.04. The average molecular weight is 346 g/mol. The lowest BCUT2D eigenvalue weighted by molar-refractivity contribution is -0.121. The molecule has 0 heterocycles. The molecule has 0 bridgehead atoms. The van der Waals surface area contributed by atoms with Gasteiger partial charge in [0.05, 0.1) is 6.42 Å². The van der Waals surface area contributed by atoms with Gasteiger partial charge in [-0.2, -0.15) is 0 Å². The molecule has 0 atom stereocenters. The number of halogens is 2. The fourth-order valence-electron chi connectivity index (χ4n) is 2.13. The van der Waals surface area contributed by atoms with Crippen LogP contribution in [-0.2, 0) is 9.59 Å². The first-order chi connectivity index (χ1) is 11.5. The van der Waals surface area contributed by atoms with Crippen LogP contribution in [0.2, 0.25) is 0 Å². The Labute approximate surface area is 143 Å². The van der Waals surface area contributed by atoms with Gasteiger partial charge in [-0.3, -0.25) is 9.59 Å². The van der Waals surface area contributed by atoms with Crippen LogP contribution in [0.1, 0.15) is 24.5 Å². The molecular formula is C19H16F2O2S. The summed E-state index contributed by atoms with van der Waals surface area (Å²) in [6.45, 7) is 1.37. The van der Waals surface area contributed by atoms with E-state index in [1.165, 1.54) is 31.2 Å². The molecule has 0 radical (unpaired) electrons. The minimum absolute atomic E-state index is 0.0963. The Morgan fingerprint density at radius 2 is 1.38 bits per heavy atom. The zero-order chi connectivity index (χ0) is 17.5. The van der Waals surface area contributed by atoms with Crippen LogP contribution in [0.4, 0.5) is 8.78 Å². The maximum absolute atomic E-state index is 13.1. The van der Waals surface area contributed by atoms with Crippen LogP contribution in [0.25, 0.3) is 5.57 Å². The number of Topliss-reactive ketones (excluding diaryl/α,β-unsaturated/α-hetero) is 1. The van der Waals surface area contributed by atoms with Crippen LogP contribution in [0.3, 0.4) is 0 Å². The van der Waals surface area contributed by atoms with E-state index in [9.17, 15) is 18.4 Å². The molecule has 0 saturated heterocycles. The predicted octanol–water partition coefficient (Wildman–Crippen LogP) is 4.64. The van der Waals surface area contributed by atoms with Crippen LogP contribution >= 0.6 is 11.8 Å². The van der Waals surface area contributed by atoms with Crippen LogP contribution in [-0.4, -0.2) is 16.7 Å². The maximum Gasteiger partial charge on any atom is 0.196 e. The maximum atomic E-state index is 13.1. The zero-order valence-corrected chi connectivity index (χ0v) is 13.9. The van der Waals surface area contributed by atoms with E-state index >= 15 is 0 Å². The number of thioether (sulfide) groups is 1. The van der Waals surface area contributed by atoms with Crippen molar-refractivity contribution in [2.24, 2.45) is 0 Å². The number of rotatable bonds is 6. The van der Waals surface area contributed by atoms with Crippen molar-refractivity contribution >= 4 is 28.2 Å². The van der Waals surface area contributed by atoms with Crippen molar-refractivity contribution in [3.05, 3.63) is 77.4 Å². The summed E-state index contributed by atoms with van der Waals surface area (Å²) < 4.78 is 26.3. The van der Waals surface area contributed by atoms with E-state index in [-0.39, 0.29) is 29.0 Å². The van der Waals surface area contributed by atoms with Gasteiger partial charge < -0.3 is 0 Å². The first kappa shape index (κ1) is 18.1. The van der Waals surface area contributed by atoms with Gasteiger partial charge in [0.15, 0.2) is 5.12 Å². The summed E-state index contributed by atoms with van der Waals surface area (Å²) in [7, 11) is 0. The van der Waals surface area contributed by atoms with Gasteiger partial charge in [0.2, 0.25) is 0 Å². The summed E-state index contributed by atoms with van der Waals surface area (Å²) in [6.07, 6.45) is 1.73. The van der Waals surface area contributed by atoms with Crippen molar-refractivity contribution in [3.63, 3.8) is 0 Å². The van der Waals surface area contributed by atoms with E-state index < -0.39 is 0 Å². The normalized spacial score (nSPS) is 10.3. The highest BCUT2D eigenvalue weighted by atomic mass is 32.2. The van der Waals surface area contributed by atoms with Gasteiger partial charge in [0.25, 0.3) is 0 Å². The molecule has 2 aromatic rings. The Balaban J connectivity index is 2.24. The topological polar surface area (TPSA) is 34.1 Å². The van der Waals surface area contributed by atoms with Crippen molar-refractivity contribution in [2.75, 3.05) is 5.75 Å². The molecule has 5 heteroatoms. The number of benzene rings is 2. The summed E-state index contributed by atoms with van der Waals surface area (Å²) >= 11 is 1.04. The molecule has 124 valence electrons. The van der Waals surface area contributed by atoms with Crippen LogP contribution in [0, 0.1) is 11.6 Å². The monoisotopic (exact) mass is 346 g/mol.